The van der Waals surface area contributed by atoms with E-state index in [1.54, 1.807) is 6.92 Å². The van der Waals surface area contributed by atoms with Gasteiger partial charge in [0.1, 0.15) is 5.60 Å². The number of amides is 1. The third-order valence-electron chi connectivity index (χ3n) is 1.42. The number of hydrogen-bond acceptors (Lipinski definition) is 3. The van der Waals surface area contributed by atoms with Crippen molar-refractivity contribution >= 4 is 11.8 Å². The molecule has 0 saturated heterocycles. The van der Waals surface area contributed by atoms with Gasteiger partial charge in [-0.3, -0.25) is 5.32 Å². The number of anilines is 1. The summed E-state index contributed by atoms with van der Waals surface area (Å²) in [6.07, 6.45) is -0.427. The molecule has 0 bridgehead atoms. The van der Waals surface area contributed by atoms with Crippen LogP contribution in [0.1, 0.15) is 27.7 Å². The summed E-state index contributed by atoms with van der Waals surface area (Å²) in [4.78, 5) is 11.3. The van der Waals surface area contributed by atoms with Gasteiger partial charge in [0.05, 0.1) is 0 Å². The lowest BCUT2D eigenvalue weighted by atomic mass is 10.2. The summed E-state index contributed by atoms with van der Waals surface area (Å²) in [6, 6.07) is 9.22. The SMILES string of the molecule is CC(C)(C)OC(=O)Nc1ccccc1.CCO. The van der Waals surface area contributed by atoms with Gasteiger partial charge in [0.2, 0.25) is 0 Å². The Balaban J connectivity index is 0.000000770. The summed E-state index contributed by atoms with van der Waals surface area (Å²) in [5.74, 6) is 0. The normalized spacial score (nSPS) is 9.94. The minimum Gasteiger partial charge on any atom is -0.444 e. The Hall–Kier alpha value is -1.55. The van der Waals surface area contributed by atoms with Gasteiger partial charge in [-0.1, -0.05) is 18.2 Å². The quantitative estimate of drug-likeness (QED) is 0.792. The number of aliphatic hydroxyl groups is 1. The molecule has 0 aliphatic heterocycles. The highest BCUT2D eigenvalue weighted by Crippen LogP contribution is 2.10. The molecule has 17 heavy (non-hydrogen) atoms. The van der Waals surface area contributed by atoms with Gasteiger partial charge in [-0.05, 0) is 39.8 Å². The fourth-order valence-electron chi connectivity index (χ4n) is 0.943. The topological polar surface area (TPSA) is 58.6 Å². The monoisotopic (exact) mass is 239 g/mol. The Morgan fingerprint density at radius 2 is 1.76 bits per heavy atom. The highest BCUT2D eigenvalue weighted by molar-refractivity contribution is 5.84. The highest BCUT2D eigenvalue weighted by atomic mass is 16.6. The number of aliphatic hydroxyl groups excluding tert-OH is 1. The van der Waals surface area contributed by atoms with E-state index < -0.39 is 11.7 Å². The van der Waals surface area contributed by atoms with Crippen LogP contribution in [0.5, 0.6) is 0 Å². The standard InChI is InChI=1S/C11H15NO2.C2H6O/c1-11(2,3)14-10(13)12-9-7-5-4-6-8-9;1-2-3/h4-8H,1-3H3,(H,12,13);3H,2H2,1H3. The smallest absolute Gasteiger partial charge is 0.412 e. The molecule has 0 heterocycles. The number of benzene rings is 1. The number of carbonyl (C=O) groups excluding carboxylic acids is 1. The Kier molecular flexibility index (Phi) is 6.98. The van der Waals surface area contributed by atoms with Gasteiger partial charge in [-0.2, -0.15) is 0 Å². The maximum absolute atomic E-state index is 11.3. The zero-order valence-corrected chi connectivity index (χ0v) is 10.9. The van der Waals surface area contributed by atoms with Crippen molar-refractivity contribution in [3.63, 3.8) is 0 Å². The highest BCUT2D eigenvalue weighted by Gasteiger charge is 2.15. The predicted molar refractivity (Wildman–Crippen MR) is 69.1 cm³/mol. The van der Waals surface area contributed by atoms with E-state index in [2.05, 4.69) is 5.32 Å². The van der Waals surface area contributed by atoms with Crippen LogP contribution >= 0.6 is 0 Å². The Morgan fingerprint density at radius 1 is 1.29 bits per heavy atom. The molecule has 4 heteroatoms. The number of hydrogen-bond donors (Lipinski definition) is 2. The number of rotatable bonds is 1. The molecule has 2 N–H and O–H groups in total. The first-order valence-electron chi connectivity index (χ1n) is 5.55. The van der Waals surface area contributed by atoms with Gasteiger partial charge >= 0.3 is 6.09 Å². The summed E-state index contributed by atoms with van der Waals surface area (Å²) in [6.45, 7) is 7.42. The first-order valence-corrected chi connectivity index (χ1v) is 5.55. The fraction of sp³-hybridized carbons (Fsp3) is 0.462. The third kappa shape index (κ3) is 9.38. The summed E-state index contributed by atoms with van der Waals surface area (Å²) >= 11 is 0. The lowest BCUT2D eigenvalue weighted by molar-refractivity contribution is 0.0636. The van der Waals surface area contributed by atoms with Crippen molar-refractivity contribution in [1.82, 2.24) is 0 Å². The van der Waals surface area contributed by atoms with Crippen molar-refractivity contribution in [2.45, 2.75) is 33.3 Å². The molecule has 0 saturated carbocycles. The second-order valence-electron chi connectivity index (χ2n) is 4.31. The molecule has 1 aromatic rings. The molecule has 96 valence electrons. The first-order chi connectivity index (χ1) is 7.89. The molecule has 0 radical (unpaired) electrons. The third-order valence-corrected chi connectivity index (χ3v) is 1.42. The van der Waals surface area contributed by atoms with E-state index in [1.165, 1.54) is 0 Å². The second kappa shape index (κ2) is 7.68. The Morgan fingerprint density at radius 3 is 2.18 bits per heavy atom. The number of para-hydroxylation sites is 1. The van der Waals surface area contributed by atoms with E-state index in [9.17, 15) is 4.79 Å². The molecule has 1 aromatic carbocycles. The van der Waals surface area contributed by atoms with E-state index in [1.807, 2.05) is 51.1 Å². The minimum absolute atomic E-state index is 0.250. The first kappa shape index (κ1) is 15.4. The van der Waals surface area contributed by atoms with Crippen molar-refractivity contribution in [1.29, 1.82) is 0 Å². The Labute approximate surface area is 103 Å². The van der Waals surface area contributed by atoms with Crippen LogP contribution in [0, 0.1) is 0 Å². The maximum Gasteiger partial charge on any atom is 0.412 e. The van der Waals surface area contributed by atoms with Crippen LogP contribution in [0.4, 0.5) is 10.5 Å². The predicted octanol–water partition coefficient (Wildman–Crippen LogP) is 3.03. The van der Waals surface area contributed by atoms with Crippen LogP contribution < -0.4 is 5.32 Å². The molecular weight excluding hydrogens is 218 g/mol. The van der Waals surface area contributed by atoms with Crippen molar-refractivity contribution in [3.05, 3.63) is 30.3 Å². The van der Waals surface area contributed by atoms with Crippen molar-refractivity contribution in [2.24, 2.45) is 0 Å². The molecule has 0 unspecified atom stereocenters. The van der Waals surface area contributed by atoms with Crippen LogP contribution in [0.25, 0.3) is 0 Å². The van der Waals surface area contributed by atoms with E-state index >= 15 is 0 Å². The lowest BCUT2D eigenvalue weighted by Gasteiger charge is -2.19. The van der Waals surface area contributed by atoms with Crippen molar-refractivity contribution in [3.8, 4) is 0 Å². The van der Waals surface area contributed by atoms with E-state index in [-0.39, 0.29) is 6.61 Å². The maximum atomic E-state index is 11.3. The molecule has 0 fully saturated rings. The number of carbonyl (C=O) groups is 1. The van der Waals surface area contributed by atoms with Gasteiger partial charge in [-0.25, -0.2) is 4.79 Å². The Bertz CT molecular complexity index is 317. The lowest BCUT2D eigenvalue weighted by Crippen LogP contribution is -2.27. The van der Waals surface area contributed by atoms with Crippen molar-refractivity contribution < 1.29 is 14.6 Å². The van der Waals surface area contributed by atoms with Gasteiger partial charge in [-0.15, -0.1) is 0 Å². The summed E-state index contributed by atoms with van der Waals surface area (Å²) in [7, 11) is 0. The zero-order chi connectivity index (χ0) is 13.3. The van der Waals surface area contributed by atoms with E-state index in [0.717, 1.165) is 5.69 Å². The van der Waals surface area contributed by atoms with Crippen LogP contribution in [0.2, 0.25) is 0 Å². The van der Waals surface area contributed by atoms with Crippen LogP contribution in [-0.4, -0.2) is 23.4 Å². The van der Waals surface area contributed by atoms with E-state index in [0.29, 0.717) is 0 Å². The summed E-state index contributed by atoms with van der Waals surface area (Å²) in [5, 5.41) is 10.2. The van der Waals surface area contributed by atoms with Gasteiger partial charge < -0.3 is 9.84 Å². The largest absolute Gasteiger partial charge is 0.444 e. The molecule has 0 aliphatic carbocycles. The average molecular weight is 239 g/mol. The van der Waals surface area contributed by atoms with Gasteiger partial charge in [0.25, 0.3) is 0 Å². The van der Waals surface area contributed by atoms with Crippen LogP contribution in [0.3, 0.4) is 0 Å². The summed E-state index contributed by atoms with van der Waals surface area (Å²) < 4.78 is 5.09. The zero-order valence-electron chi connectivity index (χ0n) is 10.9. The number of nitrogens with one attached hydrogen (secondary N) is 1. The fourth-order valence-corrected chi connectivity index (χ4v) is 0.943. The minimum atomic E-state index is -0.459. The molecule has 4 nitrogen and oxygen atoms in total. The average Bonchev–Trinajstić information content (AvgIpc) is 2.17. The summed E-state index contributed by atoms with van der Waals surface area (Å²) in [5.41, 5.74) is 0.278. The molecule has 0 atom stereocenters. The van der Waals surface area contributed by atoms with E-state index in [4.69, 9.17) is 9.84 Å². The van der Waals surface area contributed by atoms with Crippen LogP contribution in [0.15, 0.2) is 30.3 Å². The molecule has 0 spiro atoms. The van der Waals surface area contributed by atoms with Crippen molar-refractivity contribution in [2.75, 3.05) is 11.9 Å². The van der Waals surface area contributed by atoms with Gasteiger partial charge in [0, 0.05) is 12.3 Å². The molecule has 0 aliphatic rings. The molecule has 1 amide bonds. The molecule has 1 rings (SSSR count). The molecular formula is C13H21NO3. The van der Waals surface area contributed by atoms with Crippen LogP contribution in [-0.2, 0) is 4.74 Å². The molecule has 0 aromatic heterocycles. The van der Waals surface area contributed by atoms with Gasteiger partial charge in [0.15, 0.2) is 0 Å². The second-order valence-corrected chi connectivity index (χ2v) is 4.31. The number of ether oxygens (including phenoxy) is 1.